The number of piperazine rings is 1. The maximum Gasteiger partial charge on any atom is 0.270 e. The molecule has 4 rings (SSSR count). The Kier molecular flexibility index (Phi) is 4.89. The van der Waals surface area contributed by atoms with Gasteiger partial charge in [-0.05, 0) is 35.9 Å². The molecule has 1 amide bonds. The number of aromatic nitrogens is 1. The first-order chi connectivity index (χ1) is 13.0. The standard InChI is InChI=1S/C21H21ClFN3O/c1-24-19-4-2-3-18(23)17(19)13-20(24)21(27)26-11-9-25(10-12-26)14-15-5-7-16(22)8-6-15/h2-8,13H,9-12,14H2,1H3. The van der Waals surface area contributed by atoms with Crippen LogP contribution in [0.3, 0.4) is 0 Å². The van der Waals surface area contributed by atoms with E-state index in [9.17, 15) is 9.18 Å². The first kappa shape index (κ1) is 18.0. The Morgan fingerprint density at radius 2 is 1.78 bits per heavy atom. The second-order valence-corrected chi connectivity index (χ2v) is 7.39. The lowest BCUT2D eigenvalue weighted by molar-refractivity contribution is 0.0619. The van der Waals surface area contributed by atoms with Crippen molar-refractivity contribution in [1.82, 2.24) is 14.4 Å². The molecule has 1 fully saturated rings. The third-order valence-corrected chi connectivity index (χ3v) is 5.48. The van der Waals surface area contributed by atoms with Gasteiger partial charge in [0.1, 0.15) is 11.5 Å². The van der Waals surface area contributed by atoms with Gasteiger partial charge >= 0.3 is 0 Å². The fraction of sp³-hybridized carbons (Fsp3) is 0.286. The van der Waals surface area contributed by atoms with Crippen LogP contribution in [-0.4, -0.2) is 46.5 Å². The Morgan fingerprint density at radius 1 is 1.07 bits per heavy atom. The maximum absolute atomic E-state index is 14.0. The van der Waals surface area contributed by atoms with Crippen LogP contribution in [-0.2, 0) is 13.6 Å². The van der Waals surface area contributed by atoms with Crippen molar-refractivity contribution in [1.29, 1.82) is 0 Å². The van der Waals surface area contributed by atoms with Crippen molar-refractivity contribution < 1.29 is 9.18 Å². The van der Waals surface area contributed by atoms with Crippen LogP contribution in [0.25, 0.3) is 10.9 Å². The Bertz CT molecular complexity index is 975. The van der Waals surface area contributed by atoms with Crippen LogP contribution in [0.4, 0.5) is 4.39 Å². The average molecular weight is 386 g/mol. The number of amides is 1. The molecule has 0 bridgehead atoms. The fourth-order valence-electron chi connectivity index (χ4n) is 3.65. The van der Waals surface area contributed by atoms with Crippen molar-refractivity contribution in [3.8, 4) is 0 Å². The molecule has 27 heavy (non-hydrogen) atoms. The predicted molar refractivity (Wildman–Crippen MR) is 106 cm³/mol. The van der Waals surface area contributed by atoms with E-state index in [-0.39, 0.29) is 11.7 Å². The second-order valence-electron chi connectivity index (χ2n) is 6.96. The van der Waals surface area contributed by atoms with E-state index < -0.39 is 0 Å². The molecule has 4 nitrogen and oxygen atoms in total. The number of halogens is 2. The first-order valence-corrected chi connectivity index (χ1v) is 9.41. The zero-order valence-corrected chi connectivity index (χ0v) is 15.9. The fourth-order valence-corrected chi connectivity index (χ4v) is 3.77. The van der Waals surface area contributed by atoms with Crippen LogP contribution in [0.5, 0.6) is 0 Å². The smallest absolute Gasteiger partial charge is 0.270 e. The van der Waals surface area contributed by atoms with Crippen molar-refractivity contribution in [3.05, 3.63) is 70.6 Å². The molecule has 140 valence electrons. The number of fused-ring (bicyclic) bond motifs is 1. The topological polar surface area (TPSA) is 28.5 Å². The van der Waals surface area contributed by atoms with E-state index in [1.165, 1.54) is 11.6 Å². The van der Waals surface area contributed by atoms with Gasteiger partial charge < -0.3 is 9.47 Å². The summed E-state index contributed by atoms with van der Waals surface area (Å²) in [6.45, 7) is 3.80. The van der Waals surface area contributed by atoms with Crippen LogP contribution in [0, 0.1) is 5.82 Å². The number of aryl methyl sites for hydroxylation is 1. The summed E-state index contributed by atoms with van der Waals surface area (Å²) < 4.78 is 15.8. The molecule has 1 aromatic heterocycles. The molecule has 0 aliphatic carbocycles. The number of carbonyl (C=O) groups excluding carboxylic acids is 1. The van der Waals surface area contributed by atoms with Crippen LogP contribution in [0.15, 0.2) is 48.5 Å². The Balaban J connectivity index is 1.44. The molecule has 3 aromatic rings. The van der Waals surface area contributed by atoms with Gasteiger partial charge in [-0.3, -0.25) is 9.69 Å². The van der Waals surface area contributed by atoms with Gasteiger partial charge in [-0.25, -0.2) is 4.39 Å². The number of nitrogens with zero attached hydrogens (tertiary/aromatic N) is 3. The molecule has 1 saturated heterocycles. The van der Waals surface area contributed by atoms with Gasteiger partial charge in [-0.2, -0.15) is 0 Å². The zero-order valence-electron chi connectivity index (χ0n) is 15.2. The summed E-state index contributed by atoms with van der Waals surface area (Å²) in [6.07, 6.45) is 0. The molecule has 0 saturated carbocycles. The summed E-state index contributed by atoms with van der Waals surface area (Å²) in [5.74, 6) is -0.339. The summed E-state index contributed by atoms with van der Waals surface area (Å²) in [4.78, 5) is 17.1. The quantitative estimate of drug-likeness (QED) is 0.683. The van der Waals surface area contributed by atoms with Crippen LogP contribution in [0.1, 0.15) is 16.1 Å². The van der Waals surface area contributed by atoms with Gasteiger partial charge in [0.15, 0.2) is 0 Å². The lowest BCUT2D eigenvalue weighted by Crippen LogP contribution is -2.48. The third-order valence-electron chi connectivity index (χ3n) is 5.23. The molecule has 1 aliphatic rings. The zero-order chi connectivity index (χ0) is 19.0. The molecule has 2 heterocycles. The lowest BCUT2D eigenvalue weighted by atomic mass is 10.2. The Labute approximate surface area is 162 Å². The highest BCUT2D eigenvalue weighted by atomic mass is 35.5. The SMILES string of the molecule is Cn1c(C(=O)N2CCN(Cc3ccc(Cl)cc3)CC2)cc2c(F)cccc21. The van der Waals surface area contributed by atoms with Gasteiger partial charge in [-0.1, -0.05) is 29.8 Å². The minimum Gasteiger partial charge on any atom is -0.340 e. The van der Waals surface area contributed by atoms with Crippen LogP contribution >= 0.6 is 11.6 Å². The molecule has 2 aromatic carbocycles. The van der Waals surface area contributed by atoms with Gasteiger partial charge in [0.05, 0.1) is 5.52 Å². The van der Waals surface area contributed by atoms with Gasteiger partial charge in [-0.15, -0.1) is 0 Å². The van der Waals surface area contributed by atoms with E-state index in [2.05, 4.69) is 4.90 Å². The van der Waals surface area contributed by atoms with Gasteiger partial charge in [0, 0.05) is 50.2 Å². The minimum atomic E-state index is -0.296. The minimum absolute atomic E-state index is 0.0424. The van der Waals surface area contributed by atoms with E-state index in [0.717, 1.165) is 30.2 Å². The van der Waals surface area contributed by atoms with E-state index in [1.807, 2.05) is 42.3 Å². The maximum atomic E-state index is 14.0. The summed E-state index contributed by atoms with van der Waals surface area (Å²) in [5.41, 5.74) is 2.48. The summed E-state index contributed by atoms with van der Waals surface area (Å²) in [7, 11) is 1.81. The molecule has 0 spiro atoms. The van der Waals surface area contributed by atoms with Crippen molar-refractivity contribution in [3.63, 3.8) is 0 Å². The lowest BCUT2D eigenvalue weighted by Gasteiger charge is -2.34. The molecule has 0 N–H and O–H groups in total. The molecular formula is C21H21ClFN3O. The highest BCUT2D eigenvalue weighted by molar-refractivity contribution is 6.30. The van der Waals surface area contributed by atoms with E-state index in [1.54, 1.807) is 16.7 Å². The summed E-state index contributed by atoms with van der Waals surface area (Å²) in [5, 5.41) is 1.23. The highest BCUT2D eigenvalue weighted by Gasteiger charge is 2.25. The first-order valence-electron chi connectivity index (χ1n) is 9.03. The molecule has 1 aliphatic heterocycles. The number of hydrogen-bond donors (Lipinski definition) is 0. The highest BCUT2D eigenvalue weighted by Crippen LogP contribution is 2.23. The van der Waals surface area contributed by atoms with Gasteiger partial charge in [0.2, 0.25) is 0 Å². The molecule has 0 unspecified atom stereocenters. The monoisotopic (exact) mass is 385 g/mol. The molecule has 6 heteroatoms. The second kappa shape index (κ2) is 7.33. The van der Waals surface area contributed by atoms with Crippen LogP contribution in [0.2, 0.25) is 5.02 Å². The van der Waals surface area contributed by atoms with Crippen LogP contribution < -0.4 is 0 Å². The number of carbonyl (C=O) groups is 1. The number of hydrogen-bond acceptors (Lipinski definition) is 2. The Morgan fingerprint density at radius 3 is 2.44 bits per heavy atom. The summed E-state index contributed by atoms with van der Waals surface area (Å²) in [6, 6.07) is 14.4. The largest absolute Gasteiger partial charge is 0.340 e. The van der Waals surface area contributed by atoms with E-state index >= 15 is 0 Å². The van der Waals surface area contributed by atoms with Crippen molar-refractivity contribution in [2.45, 2.75) is 6.54 Å². The molecule has 0 atom stereocenters. The number of rotatable bonds is 3. The molecule has 0 radical (unpaired) electrons. The van der Waals surface area contributed by atoms with Crippen molar-refractivity contribution in [2.75, 3.05) is 26.2 Å². The van der Waals surface area contributed by atoms with E-state index in [0.29, 0.717) is 24.2 Å². The Hall–Kier alpha value is -2.37. The van der Waals surface area contributed by atoms with E-state index in [4.69, 9.17) is 11.6 Å². The van der Waals surface area contributed by atoms with Crippen molar-refractivity contribution >= 4 is 28.4 Å². The average Bonchev–Trinajstić information content (AvgIpc) is 3.02. The summed E-state index contributed by atoms with van der Waals surface area (Å²) >= 11 is 5.94. The number of benzene rings is 2. The predicted octanol–water partition coefficient (Wildman–Crippen LogP) is 3.93. The third kappa shape index (κ3) is 3.57. The molecular weight excluding hydrogens is 365 g/mol. The normalized spacial score (nSPS) is 15.4. The van der Waals surface area contributed by atoms with Gasteiger partial charge in [0.25, 0.3) is 5.91 Å². The van der Waals surface area contributed by atoms with Crippen molar-refractivity contribution in [2.24, 2.45) is 7.05 Å².